The van der Waals surface area contributed by atoms with E-state index in [0.29, 0.717) is 16.6 Å². The predicted octanol–water partition coefficient (Wildman–Crippen LogP) is 0.786. The number of hydrogen-bond donors (Lipinski definition) is 1. The SMILES string of the molecule is CS(=O)(=O)c1ccc(-c2cnc(N)n3cnc(S(C)(=O)=O)c23)cc1. The summed E-state index contributed by atoms with van der Waals surface area (Å²) in [5.41, 5.74) is 7.17. The third kappa shape index (κ3) is 2.74. The van der Waals surface area contributed by atoms with Gasteiger partial charge in [0.25, 0.3) is 0 Å². The van der Waals surface area contributed by atoms with Crippen LogP contribution in [0.1, 0.15) is 0 Å². The molecule has 3 aromatic rings. The molecule has 0 aliphatic carbocycles. The van der Waals surface area contributed by atoms with Crippen molar-refractivity contribution in [3.8, 4) is 11.1 Å². The third-order valence-corrected chi connectivity index (χ3v) is 5.64. The van der Waals surface area contributed by atoms with Crippen molar-refractivity contribution < 1.29 is 16.8 Å². The molecule has 0 atom stereocenters. The van der Waals surface area contributed by atoms with Crippen LogP contribution >= 0.6 is 0 Å². The molecule has 0 aliphatic rings. The van der Waals surface area contributed by atoms with Crippen LogP contribution in [0.25, 0.3) is 16.6 Å². The predicted molar refractivity (Wildman–Crippen MR) is 89.1 cm³/mol. The molecule has 2 heterocycles. The molecule has 0 aliphatic heterocycles. The number of anilines is 1. The second-order valence-corrected chi connectivity index (χ2v) is 9.31. The molecule has 0 radical (unpaired) electrons. The van der Waals surface area contributed by atoms with Crippen LogP contribution in [0.3, 0.4) is 0 Å². The van der Waals surface area contributed by atoms with Crippen LogP contribution in [-0.4, -0.2) is 43.7 Å². The Morgan fingerprint density at radius 1 is 0.958 bits per heavy atom. The van der Waals surface area contributed by atoms with Gasteiger partial charge in [0.15, 0.2) is 24.7 Å². The Morgan fingerprint density at radius 3 is 2.12 bits per heavy atom. The van der Waals surface area contributed by atoms with E-state index in [0.717, 1.165) is 12.5 Å². The highest BCUT2D eigenvalue weighted by Gasteiger charge is 2.21. The van der Waals surface area contributed by atoms with Crippen LogP contribution in [0.5, 0.6) is 0 Å². The van der Waals surface area contributed by atoms with Crippen LogP contribution < -0.4 is 5.73 Å². The summed E-state index contributed by atoms with van der Waals surface area (Å²) in [6, 6.07) is 6.08. The molecular weight excluding hydrogens is 352 g/mol. The quantitative estimate of drug-likeness (QED) is 0.726. The molecule has 24 heavy (non-hydrogen) atoms. The number of imidazole rings is 1. The van der Waals surface area contributed by atoms with E-state index in [1.165, 1.54) is 29.1 Å². The summed E-state index contributed by atoms with van der Waals surface area (Å²) in [5.74, 6) is 0.101. The Balaban J connectivity index is 2.31. The summed E-state index contributed by atoms with van der Waals surface area (Å²) in [7, 11) is -6.90. The molecule has 0 spiro atoms. The van der Waals surface area contributed by atoms with Crippen LogP contribution in [0.15, 0.2) is 46.7 Å². The van der Waals surface area contributed by atoms with Gasteiger partial charge in [-0.15, -0.1) is 0 Å². The summed E-state index contributed by atoms with van der Waals surface area (Å²) < 4.78 is 48.4. The Labute approximate surface area is 138 Å². The van der Waals surface area contributed by atoms with Gasteiger partial charge in [-0.05, 0) is 17.7 Å². The van der Waals surface area contributed by atoms with E-state index in [-0.39, 0.29) is 15.9 Å². The summed E-state index contributed by atoms with van der Waals surface area (Å²) in [6.45, 7) is 0. The van der Waals surface area contributed by atoms with Crippen LogP contribution in [0, 0.1) is 0 Å². The number of sulfone groups is 2. The number of rotatable bonds is 3. The first-order chi connectivity index (χ1) is 11.1. The average Bonchev–Trinajstić information content (AvgIpc) is 2.93. The molecule has 0 fully saturated rings. The van der Waals surface area contributed by atoms with Crippen molar-refractivity contribution in [1.29, 1.82) is 0 Å². The van der Waals surface area contributed by atoms with Gasteiger partial charge in [-0.2, -0.15) is 0 Å². The molecule has 126 valence electrons. The van der Waals surface area contributed by atoms with Crippen molar-refractivity contribution in [3.05, 3.63) is 36.8 Å². The highest BCUT2D eigenvalue weighted by atomic mass is 32.2. The minimum Gasteiger partial charge on any atom is -0.369 e. The lowest BCUT2D eigenvalue weighted by Crippen LogP contribution is -2.03. The summed E-state index contributed by atoms with van der Waals surface area (Å²) in [6.07, 6.45) is 4.91. The van der Waals surface area contributed by atoms with E-state index in [4.69, 9.17) is 5.73 Å². The van der Waals surface area contributed by atoms with E-state index in [1.54, 1.807) is 12.1 Å². The summed E-state index contributed by atoms with van der Waals surface area (Å²) in [4.78, 5) is 8.14. The lowest BCUT2D eigenvalue weighted by Gasteiger charge is -2.08. The van der Waals surface area contributed by atoms with Gasteiger partial charge >= 0.3 is 0 Å². The van der Waals surface area contributed by atoms with Crippen LogP contribution in [0.4, 0.5) is 5.95 Å². The molecule has 0 amide bonds. The number of nitrogens with two attached hydrogens (primary N) is 1. The molecule has 1 aromatic carbocycles. The minimum absolute atomic E-state index is 0.101. The normalized spacial score (nSPS) is 12.6. The number of nitrogens with zero attached hydrogens (tertiary/aromatic N) is 3. The van der Waals surface area contributed by atoms with E-state index < -0.39 is 19.7 Å². The Morgan fingerprint density at radius 2 is 1.58 bits per heavy atom. The number of benzene rings is 1. The molecule has 3 rings (SSSR count). The fourth-order valence-corrected chi connectivity index (χ4v) is 3.80. The molecule has 10 heteroatoms. The maximum absolute atomic E-state index is 12.0. The fraction of sp³-hybridized carbons (Fsp3) is 0.143. The first-order valence-electron chi connectivity index (χ1n) is 6.71. The topological polar surface area (TPSA) is 124 Å². The maximum atomic E-state index is 12.0. The van der Waals surface area contributed by atoms with Crippen molar-refractivity contribution in [1.82, 2.24) is 14.4 Å². The average molecular weight is 366 g/mol. The molecular formula is C14H14N4O4S2. The highest BCUT2D eigenvalue weighted by Crippen LogP contribution is 2.30. The largest absolute Gasteiger partial charge is 0.369 e. The number of nitrogen functional groups attached to an aromatic ring is 1. The second kappa shape index (κ2) is 5.28. The third-order valence-electron chi connectivity index (χ3n) is 3.51. The van der Waals surface area contributed by atoms with Gasteiger partial charge < -0.3 is 5.73 Å². The van der Waals surface area contributed by atoms with E-state index in [2.05, 4.69) is 9.97 Å². The van der Waals surface area contributed by atoms with Crippen molar-refractivity contribution in [2.45, 2.75) is 9.92 Å². The monoisotopic (exact) mass is 366 g/mol. The second-order valence-electron chi connectivity index (χ2n) is 5.37. The minimum atomic E-state index is -3.58. The molecule has 0 unspecified atom stereocenters. The van der Waals surface area contributed by atoms with Crippen molar-refractivity contribution >= 4 is 31.1 Å². The lowest BCUT2D eigenvalue weighted by atomic mass is 10.1. The number of aromatic nitrogens is 3. The Hall–Kier alpha value is -2.46. The maximum Gasteiger partial charge on any atom is 0.206 e. The van der Waals surface area contributed by atoms with Gasteiger partial charge in [0.1, 0.15) is 6.33 Å². The Kier molecular flexibility index (Phi) is 3.61. The highest BCUT2D eigenvalue weighted by molar-refractivity contribution is 7.91. The molecule has 0 bridgehead atoms. The molecule has 2 N–H and O–H groups in total. The van der Waals surface area contributed by atoms with Gasteiger partial charge in [-0.25, -0.2) is 26.8 Å². The zero-order valence-corrected chi connectivity index (χ0v) is 14.5. The van der Waals surface area contributed by atoms with Gasteiger partial charge in [0, 0.05) is 24.3 Å². The van der Waals surface area contributed by atoms with E-state index in [9.17, 15) is 16.8 Å². The van der Waals surface area contributed by atoms with Crippen molar-refractivity contribution in [3.63, 3.8) is 0 Å². The standard InChI is InChI=1S/C14H14N4O4S2/c1-23(19,20)10-5-3-9(4-6-10)11-7-16-14(15)18-8-17-13(12(11)18)24(2,21)22/h3-8H,1-2H3,(H2,15,16). The zero-order chi connectivity index (χ0) is 17.7. The van der Waals surface area contributed by atoms with Crippen LogP contribution in [-0.2, 0) is 19.7 Å². The summed E-state index contributed by atoms with van der Waals surface area (Å²) >= 11 is 0. The van der Waals surface area contributed by atoms with Crippen molar-refractivity contribution in [2.24, 2.45) is 0 Å². The molecule has 8 nitrogen and oxygen atoms in total. The van der Waals surface area contributed by atoms with E-state index in [1.807, 2.05) is 0 Å². The van der Waals surface area contributed by atoms with Gasteiger partial charge in [0.05, 0.1) is 10.4 Å². The molecule has 0 saturated heterocycles. The van der Waals surface area contributed by atoms with Crippen molar-refractivity contribution in [2.75, 3.05) is 18.2 Å². The van der Waals surface area contributed by atoms with Crippen LogP contribution in [0.2, 0.25) is 0 Å². The smallest absolute Gasteiger partial charge is 0.206 e. The molecule has 2 aromatic heterocycles. The fourth-order valence-electron chi connectivity index (χ4n) is 2.37. The van der Waals surface area contributed by atoms with Gasteiger partial charge in [-0.1, -0.05) is 12.1 Å². The number of fused-ring (bicyclic) bond motifs is 1. The summed E-state index contributed by atoms with van der Waals surface area (Å²) in [5, 5.41) is -0.112. The van der Waals surface area contributed by atoms with E-state index >= 15 is 0 Å². The first kappa shape index (κ1) is 16.4. The first-order valence-corrected chi connectivity index (χ1v) is 10.5. The van der Waals surface area contributed by atoms with Gasteiger partial charge in [-0.3, -0.25) is 4.40 Å². The number of hydrogen-bond acceptors (Lipinski definition) is 7. The molecule has 0 saturated carbocycles. The zero-order valence-electron chi connectivity index (χ0n) is 12.8. The Bertz CT molecular complexity index is 1150. The lowest BCUT2D eigenvalue weighted by molar-refractivity contribution is 0.599. The van der Waals surface area contributed by atoms with Gasteiger partial charge in [0.2, 0.25) is 5.95 Å².